The molecule has 3 N–H and O–H groups in total. The maximum atomic E-state index is 12.8. The summed E-state index contributed by atoms with van der Waals surface area (Å²) in [5.41, 5.74) is -0.572. The number of amides is 4. The molecule has 1 aliphatic rings. The van der Waals surface area contributed by atoms with Crippen LogP contribution in [0.4, 0.5) is 4.79 Å². The minimum Gasteiger partial charge on any atom is -0.480 e. The molecule has 1 heterocycles. The number of hydrogen-bond donors (Lipinski definition) is 3. The van der Waals surface area contributed by atoms with Crippen LogP contribution >= 0.6 is 0 Å². The fourth-order valence-electron chi connectivity index (χ4n) is 2.67. The van der Waals surface area contributed by atoms with Gasteiger partial charge >= 0.3 is 12.0 Å². The number of urea groups is 1. The standard InChI is InChI=1S/C17H21N3O5/c1-4-10(2)20(9-13(21)22)14(23)11-6-5-7-12(8-11)17(3)15(24)18-16(25)19-17/h5-8,10H,4,9H2,1-3H3,(H,21,22)(H2,18,19,24,25). The fourth-order valence-corrected chi connectivity index (χ4v) is 2.67. The lowest BCUT2D eigenvalue weighted by molar-refractivity contribution is -0.138. The number of carboxylic acids is 1. The minimum atomic E-state index is -1.28. The monoisotopic (exact) mass is 347 g/mol. The van der Waals surface area contributed by atoms with Gasteiger partial charge in [0, 0.05) is 11.6 Å². The summed E-state index contributed by atoms with van der Waals surface area (Å²) in [6.07, 6.45) is 0.606. The van der Waals surface area contributed by atoms with Gasteiger partial charge in [-0.2, -0.15) is 0 Å². The first kappa shape index (κ1) is 18.4. The number of nitrogens with one attached hydrogen (secondary N) is 2. The van der Waals surface area contributed by atoms with Crippen LogP contribution in [0.25, 0.3) is 0 Å². The van der Waals surface area contributed by atoms with E-state index in [-0.39, 0.29) is 11.6 Å². The molecule has 1 aromatic rings. The van der Waals surface area contributed by atoms with Gasteiger partial charge < -0.3 is 15.3 Å². The molecule has 2 atom stereocenters. The Balaban J connectivity index is 2.37. The van der Waals surface area contributed by atoms with E-state index in [1.54, 1.807) is 32.0 Å². The van der Waals surface area contributed by atoms with E-state index in [9.17, 15) is 19.2 Å². The molecule has 8 heteroatoms. The van der Waals surface area contributed by atoms with E-state index in [2.05, 4.69) is 10.6 Å². The van der Waals surface area contributed by atoms with Crippen molar-refractivity contribution in [2.24, 2.45) is 0 Å². The molecule has 2 unspecified atom stereocenters. The Labute approximate surface area is 145 Å². The first-order chi connectivity index (χ1) is 11.7. The van der Waals surface area contributed by atoms with Crippen molar-refractivity contribution in [3.8, 4) is 0 Å². The largest absolute Gasteiger partial charge is 0.480 e. The first-order valence-corrected chi connectivity index (χ1v) is 7.96. The highest BCUT2D eigenvalue weighted by Gasteiger charge is 2.43. The number of imide groups is 1. The number of aliphatic carboxylic acids is 1. The lowest BCUT2D eigenvalue weighted by Gasteiger charge is -2.28. The van der Waals surface area contributed by atoms with Crippen molar-refractivity contribution < 1.29 is 24.3 Å². The second-order valence-corrected chi connectivity index (χ2v) is 6.20. The zero-order valence-corrected chi connectivity index (χ0v) is 14.3. The number of carbonyl (C=O) groups is 4. The van der Waals surface area contributed by atoms with Crippen LogP contribution in [0.1, 0.15) is 43.1 Å². The molecule has 0 aliphatic carbocycles. The number of benzene rings is 1. The van der Waals surface area contributed by atoms with Crippen molar-refractivity contribution in [3.63, 3.8) is 0 Å². The molecule has 0 radical (unpaired) electrons. The van der Waals surface area contributed by atoms with Gasteiger partial charge in [-0.15, -0.1) is 0 Å². The summed E-state index contributed by atoms with van der Waals surface area (Å²) in [6, 6.07) is 5.44. The first-order valence-electron chi connectivity index (χ1n) is 7.96. The van der Waals surface area contributed by atoms with Gasteiger partial charge in [0.1, 0.15) is 12.1 Å². The minimum absolute atomic E-state index is 0.252. The Kier molecular flexibility index (Phi) is 5.10. The summed E-state index contributed by atoms with van der Waals surface area (Å²) < 4.78 is 0. The average molecular weight is 347 g/mol. The number of nitrogens with zero attached hydrogens (tertiary/aromatic N) is 1. The highest BCUT2D eigenvalue weighted by atomic mass is 16.4. The molecular formula is C17H21N3O5. The molecule has 1 saturated heterocycles. The molecular weight excluding hydrogens is 326 g/mol. The molecule has 1 fully saturated rings. The Bertz CT molecular complexity index is 733. The lowest BCUT2D eigenvalue weighted by Crippen LogP contribution is -2.43. The Morgan fingerprint density at radius 1 is 1.32 bits per heavy atom. The second kappa shape index (κ2) is 6.92. The van der Waals surface area contributed by atoms with Gasteiger partial charge in [-0.05, 0) is 38.0 Å². The smallest absolute Gasteiger partial charge is 0.323 e. The van der Waals surface area contributed by atoms with Gasteiger partial charge in [-0.25, -0.2) is 4.79 Å². The van der Waals surface area contributed by atoms with Gasteiger partial charge in [0.15, 0.2) is 0 Å². The van der Waals surface area contributed by atoms with Gasteiger partial charge in [-0.3, -0.25) is 19.7 Å². The van der Waals surface area contributed by atoms with Crippen molar-refractivity contribution in [1.82, 2.24) is 15.5 Å². The number of carbonyl (C=O) groups excluding carboxylic acids is 3. The quantitative estimate of drug-likeness (QED) is 0.666. The van der Waals surface area contributed by atoms with Crippen LogP contribution in [0.3, 0.4) is 0 Å². The third kappa shape index (κ3) is 3.62. The SMILES string of the molecule is CCC(C)N(CC(=O)O)C(=O)c1cccc(C2(C)NC(=O)NC2=O)c1. The molecule has 8 nitrogen and oxygen atoms in total. The van der Waals surface area contributed by atoms with Gasteiger partial charge in [-0.1, -0.05) is 19.1 Å². The Morgan fingerprint density at radius 2 is 2.00 bits per heavy atom. The molecule has 2 rings (SSSR count). The van der Waals surface area contributed by atoms with Crippen molar-refractivity contribution >= 4 is 23.8 Å². The summed E-state index contributed by atoms with van der Waals surface area (Å²) in [6.45, 7) is 4.77. The van der Waals surface area contributed by atoms with Gasteiger partial charge in [0.25, 0.3) is 11.8 Å². The predicted octanol–water partition coefficient (Wildman–Crippen LogP) is 1.07. The lowest BCUT2D eigenvalue weighted by atomic mass is 9.91. The third-order valence-corrected chi connectivity index (χ3v) is 4.42. The average Bonchev–Trinajstić information content (AvgIpc) is 2.84. The van der Waals surface area contributed by atoms with E-state index >= 15 is 0 Å². The number of rotatable bonds is 6. The van der Waals surface area contributed by atoms with E-state index in [0.717, 1.165) is 0 Å². The summed E-state index contributed by atoms with van der Waals surface area (Å²) >= 11 is 0. The van der Waals surface area contributed by atoms with Gasteiger partial charge in [0.2, 0.25) is 0 Å². The van der Waals surface area contributed by atoms with E-state index in [4.69, 9.17) is 5.11 Å². The van der Waals surface area contributed by atoms with Crippen LogP contribution in [-0.2, 0) is 15.1 Å². The van der Waals surface area contributed by atoms with Crippen molar-refractivity contribution in [3.05, 3.63) is 35.4 Å². The highest BCUT2D eigenvalue weighted by Crippen LogP contribution is 2.25. The zero-order valence-electron chi connectivity index (χ0n) is 14.3. The second-order valence-electron chi connectivity index (χ2n) is 6.20. The van der Waals surface area contributed by atoms with Crippen LogP contribution in [0.15, 0.2) is 24.3 Å². The summed E-state index contributed by atoms with van der Waals surface area (Å²) in [5, 5.41) is 13.8. The van der Waals surface area contributed by atoms with E-state index in [1.165, 1.54) is 11.0 Å². The van der Waals surface area contributed by atoms with Crippen LogP contribution in [0.5, 0.6) is 0 Å². The van der Waals surface area contributed by atoms with Crippen LogP contribution in [-0.4, -0.2) is 46.4 Å². The summed E-state index contributed by atoms with van der Waals surface area (Å²) in [5.74, 6) is -2.04. The fraction of sp³-hybridized carbons (Fsp3) is 0.412. The van der Waals surface area contributed by atoms with Crippen molar-refractivity contribution in [1.29, 1.82) is 0 Å². The maximum Gasteiger partial charge on any atom is 0.323 e. The van der Waals surface area contributed by atoms with Crippen LogP contribution in [0, 0.1) is 0 Å². The topological polar surface area (TPSA) is 116 Å². The maximum absolute atomic E-state index is 12.8. The molecule has 0 spiro atoms. The van der Waals surface area contributed by atoms with E-state index in [1.807, 2.05) is 6.92 Å². The number of hydrogen-bond acceptors (Lipinski definition) is 4. The summed E-state index contributed by atoms with van der Waals surface area (Å²) in [4.78, 5) is 48.6. The summed E-state index contributed by atoms with van der Waals surface area (Å²) in [7, 11) is 0. The van der Waals surface area contributed by atoms with Crippen molar-refractivity contribution in [2.75, 3.05) is 6.54 Å². The van der Waals surface area contributed by atoms with Gasteiger partial charge in [0.05, 0.1) is 0 Å². The van der Waals surface area contributed by atoms with E-state index in [0.29, 0.717) is 12.0 Å². The number of carboxylic acid groups (broad SMARTS) is 1. The predicted molar refractivity (Wildman–Crippen MR) is 88.9 cm³/mol. The Hall–Kier alpha value is -2.90. The van der Waals surface area contributed by atoms with Crippen molar-refractivity contribution in [2.45, 2.75) is 38.8 Å². The zero-order chi connectivity index (χ0) is 18.8. The third-order valence-electron chi connectivity index (χ3n) is 4.42. The normalized spacial score (nSPS) is 20.6. The van der Waals surface area contributed by atoms with Crippen LogP contribution in [0.2, 0.25) is 0 Å². The molecule has 134 valence electrons. The highest BCUT2D eigenvalue weighted by molar-refractivity contribution is 6.07. The van der Waals surface area contributed by atoms with E-state index < -0.39 is 35.9 Å². The molecule has 1 aromatic carbocycles. The molecule has 0 aromatic heterocycles. The molecule has 25 heavy (non-hydrogen) atoms. The molecule has 1 aliphatic heterocycles. The molecule has 4 amide bonds. The molecule has 0 bridgehead atoms. The Morgan fingerprint density at radius 3 is 2.52 bits per heavy atom. The molecule has 0 saturated carbocycles. The van der Waals surface area contributed by atoms with Crippen LogP contribution < -0.4 is 10.6 Å².